The lowest BCUT2D eigenvalue weighted by atomic mass is 10.2. The molecule has 1 atom stereocenters. The Balaban J connectivity index is 2.24. The van der Waals surface area contributed by atoms with Gasteiger partial charge in [0.2, 0.25) is 0 Å². The number of rotatable bonds is 3. The maximum Gasteiger partial charge on any atom is 0.260 e. The van der Waals surface area contributed by atoms with E-state index < -0.39 is 11.3 Å². The van der Waals surface area contributed by atoms with Crippen molar-refractivity contribution in [3.63, 3.8) is 0 Å². The Kier molecular flexibility index (Phi) is 3.55. The summed E-state index contributed by atoms with van der Waals surface area (Å²) in [6.45, 7) is 0. The number of halogens is 1. The Hall–Kier alpha value is -0.950. The van der Waals surface area contributed by atoms with Gasteiger partial charge in [-0.15, -0.1) is 11.3 Å². The molecule has 0 aliphatic carbocycles. The zero-order valence-corrected chi connectivity index (χ0v) is 10.3. The fourth-order valence-electron chi connectivity index (χ4n) is 1.15. The number of hydrogen-bond donors (Lipinski definition) is 2. The van der Waals surface area contributed by atoms with Crippen LogP contribution >= 0.6 is 22.9 Å². The fourth-order valence-corrected chi connectivity index (χ4v) is 2.44. The predicted molar refractivity (Wildman–Crippen MR) is 67.0 cm³/mol. The first-order valence-electron chi connectivity index (χ1n) is 4.24. The van der Waals surface area contributed by atoms with E-state index in [-0.39, 0.29) is 0 Å². The van der Waals surface area contributed by atoms with E-state index in [0.29, 0.717) is 10.2 Å². The average Bonchev–Trinajstić information content (AvgIpc) is 2.66. The van der Waals surface area contributed by atoms with E-state index in [1.165, 1.54) is 11.3 Å². The molecular weight excluding hydrogens is 268 g/mol. The van der Waals surface area contributed by atoms with Crippen LogP contribution in [-0.4, -0.2) is 13.7 Å². The predicted octanol–water partition coefficient (Wildman–Crippen LogP) is 3.01. The van der Waals surface area contributed by atoms with E-state index in [9.17, 15) is 4.21 Å². The van der Waals surface area contributed by atoms with Crippen molar-refractivity contribution in [2.45, 2.75) is 0 Å². The van der Waals surface area contributed by atoms with Gasteiger partial charge in [0.15, 0.2) is 5.13 Å². The van der Waals surface area contributed by atoms with Crippen molar-refractivity contribution in [3.05, 3.63) is 34.7 Å². The third-order valence-electron chi connectivity index (χ3n) is 1.82. The molecular formula is C9H7ClN2O2S2. The molecule has 0 saturated carbocycles. The van der Waals surface area contributed by atoms with E-state index in [0.717, 1.165) is 11.3 Å². The molecule has 7 heteroatoms. The third-order valence-corrected chi connectivity index (χ3v) is 3.33. The van der Waals surface area contributed by atoms with Crippen molar-refractivity contribution in [3.8, 4) is 11.3 Å². The highest BCUT2D eigenvalue weighted by Gasteiger charge is 2.05. The number of aromatic nitrogens is 1. The molecule has 0 fully saturated rings. The van der Waals surface area contributed by atoms with Crippen molar-refractivity contribution in [2.75, 3.05) is 4.72 Å². The van der Waals surface area contributed by atoms with Crippen LogP contribution in [0, 0.1) is 0 Å². The number of nitrogens with one attached hydrogen (secondary N) is 1. The van der Waals surface area contributed by atoms with Gasteiger partial charge in [0, 0.05) is 16.0 Å². The Morgan fingerprint density at radius 1 is 1.38 bits per heavy atom. The second-order valence-corrected chi connectivity index (χ2v) is 4.89. The normalized spacial score (nSPS) is 12.4. The molecule has 0 radical (unpaired) electrons. The van der Waals surface area contributed by atoms with E-state index >= 15 is 0 Å². The van der Waals surface area contributed by atoms with Crippen LogP contribution in [0.25, 0.3) is 11.3 Å². The van der Waals surface area contributed by atoms with E-state index in [2.05, 4.69) is 9.71 Å². The number of hydrogen-bond acceptors (Lipinski definition) is 3. The van der Waals surface area contributed by atoms with Gasteiger partial charge in [-0.05, 0) is 12.1 Å². The summed E-state index contributed by atoms with van der Waals surface area (Å²) in [6, 6.07) is 7.23. The van der Waals surface area contributed by atoms with Crippen molar-refractivity contribution < 1.29 is 8.76 Å². The minimum Gasteiger partial charge on any atom is -0.289 e. The van der Waals surface area contributed by atoms with Crippen molar-refractivity contribution in [1.29, 1.82) is 0 Å². The molecule has 2 aromatic rings. The Labute approximate surface area is 104 Å². The van der Waals surface area contributed by atoms with Crippen molar-refractivity contribution in [1.82, 2.24) is 4.98 Å². The van der Waals surface area contributed by atoms with Crippen LogP contribution in [0.15, 0.2) is 29.6 Å². The molecule has 1 aromatic heterocycles. The van der Waals surface area contributed by atoms with Gasteiger partial charge >= 0.3 is 0 Å². The molecule has 1 unspecified atom stereocenters. The molecule has 2 N–H and O–H groups in total. The maximum atomic E-state index is 10.5. The monoisotopic (exact) mass is 274 g/mol. The minimum atomic E-state index is -2.09. The molecule has 0 amide bonds. The van der Waals surface area contributed by atoms with Gasteiger partial charge in [-0.2, -0.15) is 0 Å². The SMILES string of the molecule is O=S(O)Nc1nc(-c2ccc(Cl)cc2)cs1. The largest absolute Gasteiger partial charge is 0.289 e. The standard InChI is InChI=1S/C9H7ClN2O2S2/c10-7-3-1-6(2-4-7)8-5-15-9(11-8)12-16(13)14/h1-5H,(H,11,12)(H,13,14). The zero-order valence-electron chi connectivity index (χ0n) is 7.88. The summed E-state index contributed by atoms with van der Waals surface area (Å²) < 4.78 is 21.5. The van der Waals surface area contributed by atoms with E-state index in [1.54, 1.807) is 17.5 Å². The first-order valence-corrected chi connectivity index (χ1v) is 6.60. The average molecular weight is 275 g/mol. The highest BCUT2D eigenvalue weighted by atomic mass is 35.5. The quantitative estimate of drug-likeness (QED) is 0.846. The summed E-state index contributed by atoms with van der Waals surface area (Å²) >= 11 is 4.95. The fraction of sp³-hybridized carbons (Fsp3) is 0. The summed E-state index contributed by atoms with van der Waals surface area (Å²) in [5.41, 5.74) is 1.66. The minimum absolute atomic E-state index is 0.408. The molecule has 0 aliphatic heterocycles. The lowest BCUT2D eigenvalue weighted by Gasteiger charge is -1.96. The number of thiazole rings is 1. The lowest BCUT2D eigenvalue weighted by molar-refractivity contribution is 0.570. The van der Waals surface area contributed by atoms with Crippen LogP contribution < -0.4 is 4.72 Å². The molecule has 0 aliphatic rings. The smallest absolute Gasteiger partial charge is 0.260 e. The highest BCUT2D eigenvalue weighted by molar-refractivity contribution is 7.80. The van der Waals surface area contributed by atoms with Crippen LogP contribution in [0.1, 0.15) is 0 Å². The molecule has 1 heterocycles. The molecule has 2 rings (SSSR count). The van der Waals surface area contributed by atoms with Crippen LogP contribution in [0.3, 0.4) is 0 Å². The van der Waals surface area contributed by atoms with Crippen LogP contribution in [-0.2, 0) is 11.3 Å². The lowest BCUT2D eigenvalue weighted by Crippen LogP contribution is -2.00. The zero-order chi connectivity index (χ0) is 11.5. The summed E-state index contributed by atoms with van der Waals surface area (Å²) in [4.78, 5) is 4.16. The molecule has 84 valence electrons. The van der Waals surface area contributed by atoms with Crippen LogP contribution in [0.4, 0.5) is 5.13 Å². The molecule has 0 spiro atoms. The Morgan fingerprint density at radius 3 is 2.69 bits per heavy atom. The van der Waals surface area contributed by atoms with Crippen molar-refractivity contribution >= 4 is 39.3 Å². The number of anilines is 1. The van der Waals surface area contributed by atoms with Gasteiger partial charge in [-0.25, -0.2) is 9.19 Å². The summed E-state index contributed by atoms with van der Waals surface area (Å²) in [5.74, 6) is 0. The van der Waals surface area contributed by atoms with Gasteiger partial charge in [0.05, 0.1) is 5.69 Å². The Bertz CT molecular complexity index is 512. The number of benzene rings is 1. The molecule has 0 saturated heterocycles. The topological polar surface area (TPSA) is 62.2 Å². The van der Waals surface area contributed by atoms with Gasteiger partial charge in [-0.3, -0.25) is 9.27 Å². The second kappa shape index (κ2) is 4.92. The van der Waals surface area contributed by atoms with E-state index in [1.807, 2.05) is 12.1 Å². The summed E-state index contributed by atoms with van der Waals surface area (Å²) in [6.07, 6.45) is 0. The molecule has 4 nitrogen and oxygen atoms in total. The van der Waals surface area contributed by atoms with Gasteiger partial charge in [0.25, 0.3) is 11.3 Å². The van der Waals surface area contributed by atoms with Crippen LogP contribution in [0.5, 0.6) is 0 Å². The molecule has 16 heavy (non-hydrogen) atoms. The Morgan fingerprint density at radius 2 is 2.06 bits per heavy atom. The maximum absolute atomic E-state index is 10.5. The van der Waals surface area contributed by atoms with E-state index in [4.69, 9.17) is 16.2 Å². The summed E-state index contributed by atoms with van der Waals surface area (Å²) in [7, 11) is 0. The first-order chi connectivity index (χ1) is 7.65. The second-order valence-electron chi connectivity index (χ2n) is 2.90. The molecule has 1 aromatic carbocycles. The van der Waals surface area contributed by atoms with Gasteiger partial charge < -0.3 is 0 Å². The van der Waals surface area contributed by atoms with Gasteiger partial charge in [-0.1, -0.05) is 23.7 Å². The highest BCUT2D eigenvalue weighted by Crippen LogP contribution is 2.25. The number of nitrogens with zero attached hydrogens (tertiary/aromatic N) is 1. The van der Waals surface area contributed by atoms with Crippen LogP contribution in [0.2, 0.25) is 5.02 Å². The van der Waals surface area contributed by atoms with Gasteiger partial charge in [0.1, 0.15) is 0 Å². The molecule has 0 bridgehead atoms. The summed E-state index contributed by atoms with van der Waals surface area (Å²) in [5, 5.41) is 2.87. The third kappa shape index (κ3) is 2.79. The van der Waals surface area contributed by atoms with Crippen molar-refractivity contribution in [2.24, 2.45) is 0 Å². The first kappa shape index (κ1) is 11.5.